The number of nitriles is 1. The summed E-state index contributed by atoms with van der Waals surface area (Å²) >= 11 is 1.65. The molecular weight excluding hydrogens is 282 g/mol. The van der Waals surface area contributed by atoms with Crippen LogP contribution >= 0.6 is 11.8 Å². The lowest BCUT2D eigenvalue weighted by atomic mass is 10.2. The maximum Gasteiger partial charge on any atom is 0.221 e. The van der Waals surface area contributed by atoms with Crippen molar-refractivity contribution in [2.75, 3.05) is 24.2 Å². The summed E-state index contributed by atoms with van der Waals surface area (Å²) in [5, 5.41) is 15.4. The number of benzene rings is 1. The van der Waals surface area contributed by atoms with Gasteiger partial charge in [-0.2, -0.15) is 5.26 Å². The van der Waals surface area contributed by atoms with Gasteiger partial charge in [0.1, 0.15) is 6.07 Å². The van der Waals surface area contributed by atoms with Crippen LogP contribution in [0.15, 0.2) is 23.1 Å². The van der Waals surface area contributed by atoms with E-state index in [1.54, 1.807) is 11.8 Å². The molecule has 0 saturated heterocycles. The average Bonchev–Trinajstić information content (AvgIpc) is 2.46. The standard InChI is InChI=1S/C16H23N3OS/c1-4-21-15-7-5-6-14(13(15)10-17)18-9-8-16(20)19-11-12(2)3/h5-7,12,18H,4,8-9,11H2,1-3H3,(H,19,20). The number of carbonyl (C=O) groups is 1. The molecule has 0 aromatic heterocycles. The summed E-state index contributed by atoms with van der Waals surface area (Å²) in [6.07, 6.45) is 0.405. The van der Waals surface area contributed by atoms with Gasteiger partial charge in [0.05, 0.1) is 11.3 Å². The Hall–Kier alpha value is -1.67. The Kier molecular flexibility index (Phi) is 7.70. The van der Waals surface area contributed by atoms with Gasteiger partial charge in [-0.05, 0) is 23.8 Å². The molecule has 0 bridgehead atoms. The smallest absolute Gasteiger partial charge is 0.221 e. The van der Waals surface area contributed by atoms with E-state index in [-0.39, 0.29) is 5.91 Å². The number of nitrogens with one attached hydrogen (secondary N) is 2. The number of hydrogen-bond donors (Lipinski definition) is 2. The molecule has 0 aliphatic heterocycles. The van der Waals surface area contributed by atoms with E-state index < -0.39 is 0 Å². The first kappa shape index (κ1) is 17.4. The van der Waals surface area contributed by atoms with Crippen molar-refractivity contribution >= 4 is 23.4 Å². The van der Waals surface area contributed by atoms with Crippen LogP contribution in [0.2, 0.25) is 0 Å². The average molecular weight is 305 g/mol. The third-order valence-corrected chi connectivity index (χ3v) is 3.75. The zero-order valence-corrected chi connectivity index (χ0v) is 13.7. The minimum atomic E-state index is 0.0359. The number of thioether (sulfide) groups is 1. The van der Waals surface area contributed by atoms with Crippen LogP contribution in [-0.4, -0.2) is 24.7 Å². The molecule has 1 rings (SSSR count). The minimum absolute atomic E-state index is 0.0359. The molecule has 1 aromatic carbocycles. The highest BCUT2D eigenvalue weighted by Gasteiger charge is 2.08. The monoisotopic (exact) mass is 305 g/mol. The predicted molar refractivity (Wildman–Crippen MR) is 88.5 cm³/mol. The van der Waals surface area contributed by atoms with Crippen molar-refractivity contribution in [3.05, 3.63) is 23.8 Å². The van der Waals surface area contributed by atoms with Gasteiger partial charge < -0.3 is 10.6 Å². The van der Waals surface area contributed by atoms with Gasteiger partial charge in [-0.15, -0.1) is 11.8 Å². The highest BCUT2D eigenvalue weighted by molar-refractivity contribution is 7.99. The Balaban J connectivity index is 2.54. The Labute approximate surface area is 131 Å². The van der Waals surface area contributed by atoms with E-state index in [1.165, 1.54) is 0 Å². The van der Waals surface area contributed by atoms with E-state index in [2.05, 4.69) is 37.5 Å². The van der Waals surface area contributed by atoms with Crippen molar-refractivity contribution < 1.29 is 4.79 Å². The van der Waals surface area contributed by atoms with Crippen molar-refractivity contribution in [2.24, 2.45) is 5.92 Å². The van der Waals surface area contributed by atoms with Gasteiger partial charge in [-0.25, -0.2) is 0 Å². The lowest BCUT2D eigenvalue weighted by Crippen LogP contribution is -2.28. The Bertz CT molecular complexity index is 509. The third-order valence-electron chi connectivity index (χ3n) is 2.81. The quantitative estimate of drug-likeness (QED) is 0.724. The summed E-state index contributed by atoms with van der Waals surface area (Å²) in [5.74, 6) is 1.42. The molecule has 0 aliphatic carbocycles. The molecule has 0 aliphatic rings. The molecule has 0 unspecified atom stereocenters. The van der Waals surface area contributed by atoms with Crippen LogP contribution in [0.3, 0.4) is 0 Å². The van der Waals surface area contributed by atoms with Crippen LogP contribution in [0.5, 0.6) is 0 Å². The van der Waals surface area contributed by atoms with Gasteiger partial charge >= 0.3 is 0 Å². The fourth-order valence-electron chi connectivity index (χ4n) is 1.79. The van der Waals surface area contributed by atoms with Gasteiger partial charge in [-0.3, -0.25) is 4.79 Å². The topological polar surface area (TPSA) is 64.9 Å². The van der Waals surface area contributed by atoms with Crippen LogP contribution in [0.25, 0.3) is 0 Å². The van der Waals surface area contributed by atoms with Crippen molar-refractivity contribution in [1.82, 2.24) is 5.32 Å². The van der Waals surface area contributed by atoms with Crippen molar-refractivity contribution in [1.29, 1.82) is 5.26 Å². The summed E-state index contributed by atoms with van der Waals surface area (Å²) in [6.45, 7) is 7.41. The summed E-state index contributed by atoms with van der Waals surface area (Å²) in [4.78, 5) is 12.6. The number of rotatable bonds is 8. The van der Waals surface area contributed by atoms with Crippen molar-refractivity contribution in [3.63, 3.8) is 0 Å². The normalized spacial score (nSPS) is 10.2. The highest BCUT2D eigenvalue weighted by atomic mass is 32.2. The second-order valence-electron chi connectivity index (χ2n) is 5.10. The molecule has 0 atom stereocenters. The number of nitrogens with zero attached hydrogens (tertiary/aromatic N) is 1. The van der Waals surface area contributed by atoms with Crippen LogP contribution < -0.4 is 10.6 Å². The number of anilines is 1. The Morgan fingerprint density at radius 3 is 2.81 bits per heavy atom. The lowest BCUT2D eigenvalue weighted by Gasteiger charge is -2.11. The molecule has 0 saturated carbocycles. The van der Waals surface area contributed by atoms with E-state index in [1.807, 2.05) is 18.2 Å². The predicted octanol–water partition coefficient (Wildman–Crippen LogP) is 3.24. The molecule has 4 nitrogen and oxygen atoms in total. The van der Waals surface area contributed by atoms with Crippen molar-refractivity contribution in [3.8, 4) is 6.07 Å². The SMILES string of the molecule is CCSc1cccc(NCCC(=O)NCC(C)C)c1C#N. The summed E-state index contributed by atoms with van der Waals surface area (Å²) in [6, 6.07) is 8.00. The molecule has 1 amide bonds. The molecule has 5 heteroatoms. The third kappa shape index (κ3) is 6.09. The summed E-state index contributed by atoms with van der Waals surface area (Å²) in [5.41, 5.74) is 1.46. The van der Waals surface area contributed by atoms with E-state index in [4.69, 9.17) is 0 Å². The van der Waals surface area contributed by atoms with Crippen LogP contribution in [0.4, 0.5) is 5.69 Å². The van der Waals surface area contributed by atoms with E-state index in [9.17, 15) is 10.1 Å². The van der Waals surface area contributed by atoms with E-state index >= 15 is 0 Å². The largest absolute Gasteiger partial charge is 0.383 e. The number of hydrogen-bond acceptors (Lipinski definition) is 4. The molecule has 0 spiro atoms. The zero-order chi connectivity index (χ0) is 15.7. The number of carbonyl (C=O) groups excluding carboxylic acids is 1. The highest BCUT2D eigenvalue weighted by Crippen LogP contribution is 2.27. The molecular formula is C16H23N3OS. The molecule has 114 valence electrons. The first-order valence-electron chi connectivity index (χ1n) is 7.25. The fourth-order valence-corrected chi connectivity index (χ4v) is 2.57. The molecule has 0 radical (unpaired) electrons. The number of amides is 1. The van der Waals surface area contributed by atoms with Gasteiger partial charge in [0.25, 0.3) is 0 Å². The first-order chi connectivity index (χ1) is 10.1. The van der Waals surface area contributed by atoms with Crippen LogP contribution in [0.1, 0.15) is 32.8 Å². The van der Waals surface area contributed by atoms with Gasteiger partial charge in [0.15, 0.2) is 0 Å². The molecule has 0 heterocycles. The van der Waals surface area contributed by atoms with E-state index in [0.29, 0.717) is 31.0 Å². The molecule has 21 heavy (non-hydrogen) atoms. The molecule has 2 N–H and O–H groups in total. The van der Waals surface area contributed by atoms with E-state index in [0.717, 1.165) is 16.3 Å². The summed E-state index contributed by atoms with van der Waals surface area (Å²) in [7, 11) is 0. The zero-order valence-electron chi connectivity index (χ0n) is 12.9. The lowest BCUT2D eigenvalue weighted by molar-refractivity contribution is -0.120. The molecule has 0 fully saturated rings. The maximum absolute atomic E-state index is 11.6. The Morgan fingerprint density at radius 1 is 1.43 bits per heavy atom. The molecule has 1 aromatic rings. The fraction of sp³-hybridized carbons (Fsp3) is 0.500. The van der Waals surface area contributed by atoms with Gasteiger partial charge in [-0.1, -0.05) is 26.8 Å². The maximum atomic E-state index is 11.6. The Morgan fingerprint density at radius 2 is 2.19 bits per heavy atom. The first-order valence-corrected chi connectivity index (χ1v) is 8.23. The van der Waals surface area contributed by atoms with Gasteiger partial charge in [0, 0.05) is 24.4 Å². The second-order valence-corrected chi connectivity index (χ2v) is 6.40. The minimum Gasteiger partial charge on any atom is -0.383 e. The summed E-state index contributed by atoms with van der Waals surface area (Å²) < 4.78 is 0. The van der Waals surface area contributed by atoms with Gasteiger partial charge in [0.2, 0.25) is 5.91 Å². The van der Waals surface area contributed by atoms with Crippen molar-refractivity contribution in [2.45, 2.75) is 32.1 Å². The van der Waals surface area contributed by atoms with Crippen LogP contribution in [0, 0.1) is 17.2 Å². The van der Waals surface area contributed by atoms with Crippen LogP contribution in [-0.2, 0) is 4.79 Å². The second kappa shape index (κ2) is 9.30.